The van der Waals surface area contributed by atoms with Crippen molar-refractivity contribution in [1.82, 2.24) is 4.90 Å². The zero-order valence-electron chi connectivity index (χ0n) is 13.0. The Bertz CT molecular complexity index is 532. The van der Waals surface area contributed by atoms with E-state index in [1.165, 1.54) is 6.07 Å². The Morgan fingerprint density at radius 3 is 2.76 bits per heavy atom. The fourth-order valence-corrected chi connectivity index (χ4v) is 3.59. The van der Waals surface area contributed by atoms with Gasteiger partial charge in [-0.3, -0.25) is 9.69 Å². The molecule has 1 aliphatic rings. The van der Waals surface area contributed by atoms with E-state index in [1.54, 1.807) is 12.1 Å². The molecule has 0 N–H and O–H groups in total. The molecule has 2 atom stereocenters. The molecule has 1 saturated carbocycles. The second-order valence-corrected chi connectivity index (χ2v) is 6.90. The maximum absolute atomic E-state index is 13.9. The Balaban J connectivity index is 2.23. The summed E-state index contributed by atoms with van der Waals surface area (Å²) in [6.07, 6.45) is 4.06. The fourth-order valence-electron chi connectivity index (χ4n) is 3.43. The molecule has 0 spiro atoms. The topological polar surface area (TPSA) is 20.3 Å². The zero-order valence-corrected chi connectivity index (χ0v) is 13.7. The largest absolute Gasteiger partial charge is 0.297 e. The molecule has 2 nitrogen and oxygen atoms in total. The van der Waals surface area contributed by atoms with Crippen molar-refractivity contribution in [3.8, 4) is 0 Å². The molecule has 0 radical (unpaired) electrons. The first-order valence-electron chi connectivity index (χ1n) is 7.50. The number of ketones is 1. The van der Waals surface area contributed by atoms with Gasteiger partial charge in [-0.2, -0.15) is 0 Å². The average Bonchev–Trinajstić information content (AvgIpc) is 2.41. The van der Waals surface area contributed by atoms with Gasteiger partial charge in [0.15, 0.2) is 5.78 Å². The van der Waals surface area contributed by atoms with Crippen LogP contribution in [0.25, 0.3) is 0 Å². The van der Waals surface area contributed by atoms with Gasteiger partial charge in [0.2, 0.25) is 0 Å². The SMILES string of the molecule is CC1CCCC(C(=O)Cc2ccc(Cl)cc2F)(N(C)C)C1. The molecule has 4 heteroatoms. The minimum Gasteiger partial charge on any atom is -0.297 e. The quantitative estimate of drug-likeness (QED) is 0.834. The highest BCUT2D eigenvalue weighted by atomic mass is 35.5. The molecule has 1 fully saturated rings. The molecular weight excluding hydrogens is 289 g/mol. The van der Waals surface area contributed by atoms with Gasteiger partial charge in [-0.1, -0.05) is 37.4 Å². The minimum atomic E-state index is -0.455. The number of rotatable bonds is 4. The van der Waals surface area contributed by atoms with Crippen molar-refractivity contribution >= 4 is 17.4 Å². The predicted octanol–water partition coefficient (Wildman–Crippen LogP) is 4.10. The Kier molecular flexibility index (Phi) is 5.05. The first kappa shape index (κ1) is 16.4. The number of halogens is 2. The molecule has 0 heterocycles. The molecule has 1 aromatic rings. The van der Waals surface area contributed by atoms with Crippen molar-refractivity contribution in [2.75, 3.05) is 14.1 Å². The summed E-state index contributed by atoms with van der Waals surface area (Å²) in [5.41, 5.74) is -0.0205. The van der Waals surface area contributed by atoms with Gasteiger partial charge in [-0.15, -0.1) is 0 Å². The average molecular weight is 312 g/mol. The number of Topliss-reactive ketones (excluding diaryl/α,β-unsaturated/α-hetero) is 1. The number of carbonyl (C=O) groups is 1. The molecule has 0 amide bonds. The zero-order chi connectivity index (χ0) is 15.6. The van der Waals surface area contributed by atoms with Crippen LogP contribution in [0.1, 0.15) is 38.2 Å². The lowest BCUT2D eigenvalue weighted by atomic mass is 9.72. The third-order valence-corrected chi connectivity index (χ3v) is 4.95. The molecule has 0 aliphatic heterocycles. The summed E-state index contributed by atoms with van der Waals surface area (Å²) in [7, 11) is 3.91. The lowest BCUT2D eigenvalue weighted by molar-refractivity contribution is -0.132. The molecule has 2 rings (SSSR count). The highest BCUT2D eigenvalue weighted by molar-refractivity contribution is 6.30. The van der Waals surface area contributed by atoms with E-state index in [2.05, 4.69) is 6.92 Å². The van der Waals surface area contributed by atoms with Crippen molar-refractivity contribution < 1.29 is 9.18 Å². The Morgan fingerprint density at radius 1 is 1.48 bits per heavy atom. The summed E-state index contributed by atoms with van der Waals surface area (Å²) in [5.74, 6) is 0.244. The smallest absolute Gasteiger partial charge is 0.157 e. The molecule has 116 valence electrons. The number of hydrogen-bond acceptors (Lipinski definition) is 2. The summed E-state index contributed by atoms with van der Waals surface area (Å²) in [6, 6.07) is 4.53. The summed E-state index contributed by atoms with van der Waals surface area (Å²) >= 11 is 5.77. The van der Waals surface area contributed by atoms with E-state index in [0.29, 0.717) is 16.5 Å². The van der Waals surface area contributed by atoms with Crippen molar-refractivity contribution in [3.05, 3.63) is 34.6 Å². The summed E-state index contributed by atoms with van der Waals surface area (Å²) < 4.78 is 13.9. The van der Waals surface area contributed by atoms with Crippen LogP contribution in [-0.2, 0) is 11.2 Å². The molecule has 2 unspecified atom stereocenters. The summed E-state index contributed by atoms with van der Waals surface area (Å²) in [4.78, 5) is 14.9. The van der Waals surface area contributed by atoms with Crippen LogP contribution in [-0.4, -0.2) is 30.3 Å². The first-order chi connectivity index (χ1) is 9.85. The van der Waals surface area contributed by atoms with Crippen LogP contribution < -0.4 is 0 Å². The normalized spacial score (nSPS) is 26.1. The molecule has 0 aromatic heterocycles. The maximum atomic E-state index is 13.9. The number of benzene rings is 1. The molecule has 1 aliphatic carbocycles. The number of carbonyl (C=O) groups excluding carboxylic acids is 1. The van der Waals surface area contributed by atoms with Crippen LogP contribution in [0.15, 0.2) is 18.2 Å². The van der Waals surface area contributed by atoms with Crippen LogP contribution in [0, 0.1) is 11.7 Å². The predicted molar refractivity (Wildman–Crippen MR) is 84.2 cm³/mol. The molecule has 0 saturated heterocycles. The van der Waals surface area contributed by atoms with E-state index in [9.17, 15) is 9.18 Å². The van der Waals surface area contributed by atoms with Gasteiger partial charge in [0.25, 0.3) is 0 Å². The van der Waals surface area contributed by atoms with Crippen LogP contribution in [0.2, 0.25) is 5.02 Å². The van der Waals surface area contributed by atoms with E-state index in [1.807, 2.05) is 19.0 Å². The van der Waals surface area contributed by atoms with Gasteiger partial charge in [-0.05, 0) is 50.6 Å². The highest BCUT2D eigenvalue weighted by Crippen LogP contribution is 2.37. The second-order valence-electron chi connectivity index (χ2n) is 6.46. The van der Waals surface area contributed by atoms with Crippen molar-refractivity contribution in [3.63, 3.8) is 0 Å². The van der Waals surface area contributed by atoms with E-state index in [4.69, 9.17) is 11.6 Å². The fraction of sp³-hybridized carbons (Fsp3) is 0.588. The van der Waals surface area contributed by atoms with Crippen molar-refractivity contribution in [2.24, 2.45) is 5.92 Å². The maximum Gasteiger partial charge on any atom is 0.157 e. The Labute approximate surface area is 131 Å². The van der Waals surface area contributed by atoms with Crippen LogP contribution >= 0.6 is 11.6 Å². The van der Waals surface area contributed by atoms with Crippen molar-refractivity contribution in [1.29, 1.82) is 0 Å². The van der Waals surface area contributed by atoms with Gasteiger partial charge < -0.3 is 0 Å². The number of hydrogen-bond donors (Lipinski definition) is 0. The van der Waals surface area contributed by atoms with Crippen LogP contribution in [0.3, 0.4) is 0 Å². The van der Waals surface area contributed by atoms with E-state index < -0.39 is 11.4 Å². The van der Waals surface area contributed by atoms with E-state index >= 15 is 0 Å². The minimum absolute atomic E-state index is 0.111. The Hall–Kier alpha value is -0.930. The van der Waals surface area contributed by atoms with Crippen LogP contribution in [0.4, 0.5) is 4.39 Å². The second kappa shape index (κ2) is 6.45. The summed E-state index contributed by atoms with van der Waals surface area (Å²) in [5, 5.41) is 0.359. The molecule has 1 aromatic carbocycles. The molecule has 0 bridgehead atoms. The molecule has 21 heavy (non-hydrogen) atoms. The molecular formula is C17H23ClFNO. The standard InChI is InChI=1S/C17H23ClFNO/c1-12-5-4-8-17(11-12,20(2)3)16(21)9-13-6-7-14(18)10-15(13)19/h6-7,10,12H,4-5,8-9,11H2,1-3H3. The third kappa shape index (κ3) is 3.46. The highest BCUT2D eigenvalue weighted by Gasteiger charge is 2.43. The Morgan fingerprint density at radius 2 is 2.19 bits per heavy atom. The van der Waals surface area contributed by atoms with Gasteiger partial charge in [0.05, 0.1) is 5.54 Å². The van der Waals surface area contributed by atoms with Crippen molar-refractivity contribution in [2.45, 2.75) is 44.6 Å². The third-order valence-electron chi connectivity index (χ3n) is 4.71. The van der Waals surface area contributed by atoms with Gasteiger partial charge in [0, 0.05) is 11.4 Å². The van der Waals surface area contributed by atoms with Crippen LogP contribution in [0.5, 0.6) is 0 Å². The van der Waals surface area contributed by atoms with Gasteiger partial charge in [-0.25, -0.2) is 4.39 Å². The number of likely N-dealkylation sites (N-methyl/N-ethyl adjacent to an activating group) is 1. The van der Waals surface area contributed by atoms with Gasteiger partial charge in [0.1, 0.15) is 5.82 Å². The lowest BCUT2D eigenvalue weighted by Gasteiger charge is -2.44. The van der Waals surface area contributed by atoms with E-state index in [-0.39, 0.29) is 12.2 Å². The number of nitrogens with zero attached hydrogens (tertiary/aromatic N) is 1. The summed E-state index contributed by atoms with van der Waals surface area (Å²) in [6.45, 7) is 2.19. The lowest BCUT2D eigenvalue weighted by Crippen LogP contribution is -2.54. The first-order valence-corrected chi connectivity index (χ1v) is 7.87. The van der Waals surface area contributed by atoms with E-state index in [0.717, 1.165) is 25.7 Å². The van der Waals surface area contributed by atoms with Gasteiger partial charge >= 0.3 is 0 Å². The monoisotopic (exact) mass is 311 g/mol.